The van der Waals surface area contributed by atoms with Gasteiger partial charge in [-0.2, -0.15) is 0 Å². The molecule has 5 heteroatoms. The first-order valence-electron chi connectivity index (χ1n) is 7.48. The molecule has 0 aromatic heterocycles. The Morgan fingerprint density at radius 2 is 1.76 bits per heavy atom. The van der Waals surface area contributed by atoms with Gasteiger partial charge in [0.25, 0.3) is 0 Å². The molecule has 1 aliphatic heterocycles. The van der Waals surface area contributed by atoms with Crippen molar-refractivity contribution in [2.45, 2.75) is 25.8 Å². The Morgan fingerprint density at radius 3 is 2.24 bits per heavy atom. The predicted octanol–water partition coefficient (Wildman–Crippen LogP) is 1.93. The van der Waals surface area contributed by atoms with Crippen LogP contribution in [0.5, 0.6) is 0 Å². The van der Waals surface area contributed by atoms with Crippen molar-refractivity contribution in [3.8, 4) is 0 Å². The third-order valence-corrected chi connectivity index (χ3v) is 4.45. The highest BCUT2D eigenvalue weighted by atomic mass is 35.5. The zero-order valence-electron chi connectivity index (χ0n) is 12.8. The lowest BCUT2D eigenvalue weighted by atomic mass is 9.97. The Morgan fingerprint density at radius 1 is 1.19 bits per heavy atom. The molecule has 1 saturated heterocycles. The average molecular weight is 310 g/mol. The molecule has 21 heavy (non-hydrogen) atoms. The molecule has 1 aliphatic rings. The second kappa shape index (κ2) is 7.25. The number of piperazine rings is 1. The maximum absolute atomic E-state index is 11.8. The van der Waals surface area contributed by atoms with Crippen LogP contribution in [0.4, 0.5) is 0 Å². The third-order valence-electron chi connectivity index (χ3n) is 4.19. The minimum Gasteiger partial charge on any atom is -0.369 e. The molecule has 0 spiro atoms. The minimum atomic E-state index is -0.274. The Balaban J connectivity index is 1.98. The SMILES string of the molecule is CC(C)N1CCN(C[C@@H](C(N)=O)c2ccc(Cl)cc2)CC1. The number of nitrogens with zero attached hydrogens (tertiary/aromatic N) is 2. The van der Waals surface area contributed by atoms with Crippen LogP contribution in [-0.2, 0) is 4.79 Å². The number of hydrogen-bond acceptors (Lipinski definition) is 3. The van der Waals surface area contributed by atoms with Crippen LogP contribution in [0.2, 0.25) is 5.02 Å². The van der Waals surface area contributed by atoms with E-state index >= 15 is 0 Å². The Hall–Kier alpha value is -1.10. The number of rotatable bonds is 5. The van der Waals surface area contributed by atoms with Crippen LogP contribution in [0, 0.1) is 0 Å². The maximum Gasteiger partial charge on any atom is 0.226 e. The molecule has 0 unspecified atom stereocenters. The van der Waals surface area contributed by atoms with E-state index in [2.05, 4.69) is 23.6 Å². The molecule has 2 rings (SSSR count). The summed E-state index contributed by atoms with van der Waals surface area (Å²) >= 11 is 5.90. The molecule has 1 heterocycles. The second-order valence-electron chi connectivity index (χ2n) is 5.94. The summed E-state index contributed by atoms with van der Waals surface area (Å²) in [7, 11) is 0. The van der Waals surface area contributed by atoms with Crippen molar-refractivity contribution in [1.82, 2.24) is 9.80 Å². The van der Waals surface area contributed by atoms with E-state index in [4.69, 9.17) is 17.3 Å². The van der Waals surface area contributed by atoms with Crippen LogP contribution >= 0.6 is 11.6 Å². The lowest BCUT2D eigenvalue weighted by molar-refractivity contribution is -0.120. The molecule has 116 valence electrons. The van der Waals surface area contributed by atoms with Crippen LogP contribution in [0.15, 0.2) is 24.3 Å². The van der Waals surface area contributed by atoms with Gasteiger partial charge in [0.15, 0.2) is 0 Å². The van der Waals surface area contributed by atoms with Crippen LogP contribution in [0.3, 0.4) is 0 Å². The molecule has 2 N–H and O–H groups in total. The summed E-state index contributed by atoms with van der Waals surface area (Å²) in [6.07, 6.45) is 0. The third kappa shape index (κ3) is 4.43. The molecule has 1 aromatic rings. The summed E-state index contributed by atoms with van der Waals surface area (Å²) in [5.41, 5.74) is 6.53. The number of benzene rings is 1. The molecule has 1 fully saturated rings. The van der Waals surface area contributed by atoms with E-state index in [1.807, 2.05) is 24.3 Å². The van der Waals surface area contributed by atoms with Crippen molar-refractivity contribution in [3.63, 3.8) is 0 Å². The molecular formula is C16H24ClN3O. The number of carbonyl (C=O) groups excluding carboxylic acids is 1. The van der Waals surface area contributed by atoms with E-state index in [1.54, 1.807) is 0 Å². The largest absolute Gasteiger partial charge is 0.369 e. The van der Waals surface area contributed by atoms with Gasteiger partial charge in [-0.1, -0.05) is 23.7 Å². The van der Waals surface area contributed by atoms with E-state index in [0.29, 0.717) is 17.6 Å². The van der Waals surface area contributed by atoms with Crippen LogP contribution in [0.1, 0.15) is 25.3 Å². The lowest BCUT2D eigenvalue weighted by Crippen LogP contribution is -2.50. The summed E-state index contributed by atoms with van der Waals surface area (Å²) in [5, 5.41) is 0.674. The van der Waals surface area contributed by atoms with Gasteiger partial charge in [0.1, 0.15) is 0 Å². The van der Waals surface area contributed by atoms with Gasteiger partial charge in [0.2, 0.25) is 5.91 Å². The number of primary amides is 1. The quantitative estimate of drug-likeness (QED) is 0.904. The highest BCUT2D eigenvalue weighted by Crippen LogP contribution is 2.20. The van der Waals surface area contributed by atoms with E-state index in [1.165, 1.54) is 0 Å². The molecular weight excluding hydrogens is 286 g/mol. The lowest BCUT2D eigenvalue weighted by Gasteiger charge is -2.38. The molecule has 0 saturated carbocycles. The minimum absolute atomic E-state index is 0.270. The molecule has 1 aromatic carbocycles. The summed E-state index contributed by atoms with van der Waals surface area (Å²) in [5.74, 6) is -0.545. The number of nitrogens with two attached hydrogens (primary N) is 1. The first-order valence-corrected chi connectivity index (χ1v) is 7.86. The summed E-state index contributed by atoms with van der Waals surface area (Å²) in [4.78, 5) is 16.6. The average Bonchev–Trinajstić information content (AvgIpc) is 2.46. The van der Waals surface area contributed by atoms with Crippen LogP contribution < -0.4 is 5.73 Å². The Labute approximate surface area is 131 Å². The predicted molar refractivity (Wildman–Crippen MR) is 86.5 cm³/mol. The second-order valence-corrected chi connectivity index (χ2v) is 6.37. The summed E-state index contributed by atoms with van der Waals surface area (Å²) in [6.45, 7) is 9.17. The van der Waals surface area contributed by atoms with Crippen LogP contribution in [-0.4, -0.2) is 54.5 Å². The molecule has 1 amide bonds. The smallest absolute Gasteiger partial charge is 0.226 e. The van der Waals surface area contributed by atoms with Gasteiger partial charge in [-0.05, 0) is 31.5 Å². The van der Waals surface area contributed by atoms with E-state index in [0.717, 1.165) is 31.7 Å². The first kappa shape index (κ1) is 16.3. The topological polar surface area (TPSA) is 49.6 Å². The number of hydrogen-bond donors (Lipinski definition) is 1. The Kier molecular flexibility index (Phi) is 5.62. The van der Waals surface area contributed by atoms with Crippen LogP contribution in [0.25, 0.3) is 0 Å². The standard InChI is InChI=1S/C16H24ClN3O/c1-12(2)20-9-7-19(8-10-20)11-15(16(18)21)13-3-5-14(17)6-4-13/h3-6,12,15H,7-11H2,1-2H3,(H2,18,21)/t15-/m1/s1. The zero-order valence-corrected chi connectivity index (χ0v) is 13.5. The summed E-state index contributed by atoms with van der Waals surface area (Å²) in [6, 6.07) is 7.98. The molecule has 0 radical (unpaired) electrons. The van der Waals surface area contributed by atoms with Crippen molar-refractivity contribution >= 4 is 17.5 Å². The van der Waals surface area contributed by atoms with Crippen molar-refractivity contribution in [3.05, 3.63) is 34.9 Å². The van der Waals surface area contributed by atoms with Crippen molar-refractivity contribution < 1.29 is 4.79 Å². The van der Waals surface area contributed by atoms with Gasteiger partial charge in [-0.25, -0.2) is 0 Å². The van der Waals surface area contributed by atoms with Gasteiger partial charge < -0.3 is 5.73 Å². The summed E-state index contributed by atoms with van der Waals surface area (Å²) < 4.78 is 0. The maximum atomic E-state index is 11.8. The van der Waals surface area contributed by atoms with Gasteiger partial charge in [0, 0.05) is 43.8 Å². The molecule has 4 nitrogen and oxygen atoms in total. The highest BCUT2D eigenvalue weighted by Gasteiger charge is 2.25. The zero-order chi connectivity index (χ0) is 15.4. The highest BCUT2D eigenvalue weighted by molar-refractivity contribution is 6.30. The van der Waals surface area contributed by atoms with Gasteiger partial charge in [-0.3, -0.25) is 14.6 Å². The monoisotopic (exact) mass is 309 g/mol. The van der Waals surface area contributed by atoms with Gasteiger partial charge in [0.05, 0.1) is 5.92 Å². The van der Waals surface area contributed by atoms with Gasteiger partial charge >= 0.3 is 0 Å². The fourth-order valence-electron chi connectivity index (χ4n) is 2.78. The van der Waals surface area contributed by atoms with E-state index in [9.17, 15) is 4.79 Å². The number of amides is 1. The first-order chi connectivity index (χ1) is 9.97. The van der Waals surface area contributed by atoms with Crippen molar-refractivity contribution in [1.29, 1.82) is 0 Å². The van der Waals surface area contributed by atoms with E-state index < -0.39 is 0 Å². The Bertz CT molecular complexity index is 467. The number of carbonyl (C=O) groups is 1. The van der Waals surface area contributed by atoms with E-state index in [-0.39, 0.29) is 11.8 Å². The fraction of sp³-hybridized carbons (Fsp3) is 0.562. The number of halogens is 1. The normalized spacial score (nSPS) is 18.9. The van der Waals surface area contributed by atoms with Crippen molar-refractivity contribution in [2.24, 2.45) is 5.73 Å². The molecule has 0 bridgehead atoms. The molecule has 1 atom stereocenters. The van der Waals surface area contributed by atoms with Gasteiger partial charge in [-0.15, -0.1) is 0 Å². The van der Waals surface area contributed by atoms with Crippen molar-refractivity contribution in [2.75, 3.05) is 32.7 Å². The molecule has 0 aliphatic carbocycles. The fourth-order valence-corrected chi connectivity index (χ4v) is 2.90.